The van der Waals surface area contributed by atoms with Crippen molar-refractivity contribution < 1.29 is 18.7 Å². The van der Waals surface area contributed by atoms with Crippen LogP contribution in [0.2, 0.25) is 0 Å². The monoisotopic (exact) mass is 398 g/mol. The smallest absolute Gasteiger partial charge is 0.236 e. The first kappa shape index (κ1) is 19.7. The molecule has 2 aliphatic heterocycles. The Bertz CT molecular complexity index is 873. The number of carbonyl (C=O) groups excluding carboxylic acids is 1. The highest BCUT2D eigenvalue weighted by atomic mass is 19.1. The number of hydrogen-bond donors (Lipinski definition) is 0. The largest absolute Gasteiger partial charge is 0.490 e. The lowest BCUT2D eigenvalue weighted by Crippen LogP contribution is -2.38. The molecule has 2 aromatic carbocycles. The van der Waals surface area contributed by atoms with Gasteiger partial charge in [-0.15, -0.1) is 0 Å². The van der Waals surface area contributed by atoms with Crippen molar-refractivity contribution in [3.63, 3.8) is 0 Å². The van der Waals surface area contributed by atoms with Gasteiger partial charge in [-0.1, -0.05) is 24.3 Å². The summed E-state index contributed by atoms with van der Waals surface area (Å²) in [5.74, 6) is 1.29. The number of hydrogen-bond acceptors (Lipinski definition) is 4. The van der Waals surface area contributed by atoms with E-state index in [2.05, 4.69) is 17.0 Å². The minimum absolute atomic E-state index is 0.00510. The minimum atomic E-state index is -0.279. The van der Waals surface area contributed by atoms with E-state index in [1.165, 1.54) is 6.07 Å². The Balaban J connectivity index is 1.42. The van der Waals surface area contributed by atoms with Gasteiger partial charge in [0.05, 0.1) is 19.8 Å². The highest BCUT2D eigenvalue weighted by molar-refractivity contribution is 5.78. The molecule has 0 saturated carbocycles. The average Bonchev–Trinajstić information content (AvgIpc) is 3.05. The molecule has 1 fully saturated rings. The van der Waals surface area contributed by atoms with Crippen molar-refractivity contribution in [2.75, 3.05) is 33.4 Å². The predicted molar refractivity (Wildman–Crippen MR) is 108 cm³/mol. The van der Waals surface area contributed by atoms with Crippen LogP contribution in [0.25, 0.3) is 0 Å². The first-order valence-electron chi connectivity index (χ1n) is 10.2. The molecule has 1 saturated heterocycles. The standard InChI is InChI=1S/C23H27FN2O3/c1-25(15-18-6-2-3-7-19(18)24)23(27)16-26-11-4-8-20(26)17-9-10-21-22(14-17)29-13-5-12-28-21/h2-3,6-7,9-10,14,20H,4-5,8,11-13,15-16H2,1H3/t20-/m0/s1. The van der Waals surface area contributed by atoms with Crippen molar-refractivity contribution >= 4 is 5.91 Å². The number of carbonyl (C=O) groups is 1. The number of benzene rings is 2. The zero-order valence-electron chi connectivity index (χ0n) is 16.8. The van der Waals surface area contributed by atoms with Gasteiger partial charge in [-0.3, -0.25) is 9.69 Å². The topological polar surface area (TPSA) is 42.0 Å². The van der Waals surface area contributed by atoms with E-state index in [9.17, 15) is 9.18 Å². The lowest BCUT2D eigenvalue weighted by Gasteiger charge is -2.27. The fourth-order valence-electron chi connectivity index (χ4n) is 4.04. The number of halogens is 1. The Labute approximate surface area is 171 Å². The molecule has 1 atom stereocenters. The highest BCUT2D eigenvalue weighted by Crippen LogP contribution is 2.37. The Morgan fingerprint density at radius 1 is 1.14 bits per heavy atom. The van der Waals surface area contributed by atoms with Gasteiger partial charge in [-0.05, 0) is 43.1 Å². The molecule has 2 aromatic rings. The third kappa shape index (κ3) is 4.53. The third-order valence-electron chi connectivity index (χ3n) is 5.65. The van der Waals surface area contributed by atoms with Crippen LogP contribution in [0.1, 0.15) is 36.4 Å². The van der Waals surface area contributed by atoms with E-state index in [0.717, 1.165) is 42.9 Å². The molecule has 0 bridgehead atoms. The molecule has 0 spiro atoms. The molecule has 2 heterocycles. The van der Waals surface area contributed by atoms with E-state index in [1.54, 1.807) is 30.1 Å². The highest BCUT2D eigenvalue weighted by Gasteiger charge is 2.29. The summed E-state index contributed by atoms with van der Waals surface area (Å²) in [5.41, 5.74) is 1.68. The normalized spacial score (nSPS) is 19.0. The van der Waals surface area contributed by atoms with Crippen LogP contribution in [-0.2, 0) is 11.3 Å². The van der Waals surface area contributed by atoms with Crippen molar-refractivity contribution in [2.24, 2.45) is 0 Å². The molecule has 0 unspecified atom stereocenters. The van der Waals surface area contributed by atoms with Gasteiger partial charge in [0, 0.05) is 31.6 Å². The second kappa shape index (κ2) is 8.82. The summed E-state index contributed by atoms with van der Waals surface area (Å²) in [6.07, 6.45) is 2.93. The van der Waals surface area contributed by atoms with Crippen LogP contribution < -0.4 is 9.47 Å². The summed E-state index contributed by atoms with van der Waals surface area (Å²) in [4.78, 5) is 16.6. The number of nitrogens with zero attached hydrogens (tertiary/aromatic N) is 2. The molecule has 2 aliphatic rings. The lowest BCUT2D eigenvalue weighted by molar-refractivity contribution is -0.131. The summed E-state index contributed by atoms with van der Waals surface area (Å²) in [5, 5.41) is 0. The van der Waals surface area contributed by atoms with Gasteiger partial charge in [0.25, 0.3) is 0 Å². The minimum Gasteiger partial charge on any atom is -0.490 e. The van der Waals surface area contributed by atoms with Crippen molar-refractivity contribution in [1.82, 2.24) is 9.80 Å². The number of rotatable bonds is 5. The summed E-state index contributed by atoms with van der Waals surface area (Å²) < 4.78 is 25.4. The van der Waals surface area contributed by atoms with Gasteiger partial charge >= 0.3 is 0 Å². The summed E-state index contributed by atoms with van der Waals surface area (Å²) in [7, 11) is 1.73. The lowest BCUT2D eigenvalue weighted by atomic mass is 10.0. The molecule has 29 heavy (non-hydrogen) atoms. The Morgan fingerprint density at radius 3 is 2.76 bits per heavy atom. The van der Waals surface area contributed by atoms with Crippen LogP contribution in [-0.4, -0.2) is 49.1 Å². The van der Waals surface area contributed by atoms with Crippen molar-refractivity contribution in [3.05, 3.63) is 59.4 Å². The van der Waals surface area contributed by atoms with E-state index in [1.807, 2.05) is 6.07 Å². The van der Waals surface area contributed by atoms with Crippen LogP contribution >= 0.6 is 0 Å². The van der Waals surface area contributed by atoms with Gasteiger partial charge in [0.15, 0.2) is 11.5 Å². The molecular weight excluding hydrogens is 371 g/mol. The van der Waals surface area contributed by atoms with Gasteiger partial charge in [-0.2, -0.15) is 0 Å². The van der Waals surface area contributed by atoms with Gasteiger partial charge in [0.1, 0.15) is 5.82 Å². The average molecular weight is 398 g/mol. The first-order valence-corrected chi connectivity index (χ1v) is 10.2. The maximum absolute atomic E-state index is 13.9. The molecule has 0 radical (unpaired) electrons. The van der Waals surface area contributed by atoms with Crippen molar-refractivity contribution in [3.8, 4) is 11.5 Å². The molecule has 0 aromatic heterocycles. The summed E-state index contributed by atoms with van der Waals surface area (Å²) in [6.45, 7) is 2.80. The molecule has 6 heteroatoms. The van der Waals surface area contributed by atoms with Gasteiger partial charge in [-0.25, -0.2) is 4.39 Å². The Kier molecular flexibility index (Phi) is 6.00. The van der Waals surface area contributed by atoms with E-state index in [-0.39, 0.29) is 24.3 Å². The van der Waals surface area contributed by atoms with Crippen LogP contribution in [0.3, 0.4) is 0 Å². The van der Waals surface area contributed by atoms with Crippen LogP contribution in [0, 0.1) is 5.82 Å². The van der Waals surface area contributed by atoms with Crippen LogP contribution in [0.15, 0.2) is 42.5 Å². The number of amides is 1. The quantitative estimate of drug-likeness (QED) is 0.769. The van der Waals surface area contributed by atoms with E-state index in [0.29, 0.717) is 25.3 Å². The molecule has 4 rings (SSSR count). The van der Waals surface area contributed by atoms with Crippen molar-refractivity contribution in [2.45, 2.75) is 31.8 Å². The second-order valence-corrected chi connectivity index (χ2v) is 7.73. The molecule has 0 aliphatic carbocycles. The maximum Gasteiger partial charge on any atom is 0.236 e. The van der Waals surface area contributed by atoms with E-state index >= 15 is 0 Å². The molecule has 154 valence electrons. The molecule has 0 N–H and O–H groups in total. The Morgan fingerprint density at radius 2 is 1.93 bits per heavy atom. The number of likely N-dealkylation sites (N-methyl/N-ethyl adjacent to an activating group) is 1. The first-order chi connectivity index (χ1) is 14.1. The van der Waals surface area contributed by atoms with Crippen LogP contribution in [0.4, 0.5) is 4.39 Å². The van der Waals surface area contributed by atoms with Gasteiger partial charge < -0.3 is 14.4 Å². The maximum atomic E-state index is 13.9. The van der Waals surface area contributed by atoms with E-state index in [4.69, 9.17) is 9.47 Å². The van der Waals surface area contributed by atoms with Crippen LogP contribution in [0.5, 0.6) is 11.5 Å². The zero-order valence-corrected chi connectivity index (χ0v) is 16.8. The fourth-order valence-corrected chi connectivity index (χ4v) is 4.04. The molecule has 5 nitrogen and oxygen atoms in total. The third-order valence-corrected chi connectivity index (χ3v) is 5.65. The number of likely N-dealkylation sites (tertiary alicyclic amines) is 1. The number of ether oxygens (including phenoxy) is 2. The van der Waals surface area contributed by atoms with Crippen molar-refractivity contribution in [1.29, 1.82) is 0 Å². The van der Waals surface area contributed by atoms with Gasteiger partial charge in [0.2, 0.25) is 5.91 Å². The fraction of sp³-hybridized carbons (Fsp3) is 0.435. The summed E-state index contributed by atoms with van der Waals surface area (Å²) >= 11 is 0. The number of fused-ring (bicyclic) bond motifs is 1. The SMILES string of the molecule is CN(Cc1ccccc1F)C(=O)CN1CCC[C@H]1c1ccc2c(c1)OCCCO2. The second-order valence-electron chi connectivity index (χ2n) is 7.73. The zero-order chi connectivity index (χ0) is 20.2. The molecular formula is C23H27FN2O3. The predicted octanol–water partition coefficient (Wildman–Crippen LogP) is 3.78. The Hall–Kier alpha value is -2.60. The molecule has 1 amide bonds. The summed E-state index contributed by atoms with van der Waals surface area (Å²) in [6, 6.07) is 12.9. The van der Waals surface area contributed by atoms with E-state index < -0.39 is 0 Å².